The molecule has 2 aromatic carbocycles. The van der Waals surface area contributed by atoms with Crippen molar-refractivity contribution in [3.05, 3.63) is 72.3 Å². The summed E-state index contributed by atoms with van der Waals surface area (Å²) < 4.78 is 0. The van der Waals surface area contributed by atoms with Crippen molar-refractivity contribution >= 4 is 12.0 Å². The van der Waals surface area contributed by atoms with E-state index in [4.69, 9.17) is 0 Å². The highest BCUT2D eigenvalue weighted by Gasteiger charge is 2.21. The number of nitrogens with zero attached hydrogens (tertiary/aromatic N) is 6. The molecule has 0 N–H and O–H groups in total. The number of amides is 1. The zero-order valence-electron chi connectivity index (χ0n) is 16.3. The van der Waals surface area contributed by atoms with Crippen molar-refractivity contribution in [3.63, 3.8) is 0 Å². The topological polar surface area (TPSA) is 67.2 Å². The molecule has 148 valence electrons. The predicted molar refractivity (Wildman–Crippen MR) is 112 cm³/mol. The number of rotatable bonds is 6. The molecule has 1 fully saturated rings. The van der Waals surface area contributed by atoms with Gasteiger partial charge in [-0.05, 0) is 10.8 Å². The summed E-state index contributed by atoms with van der Waals surface area (Å²) in [5.41, 5.74) is 2.10. The summed E-state index contributed by atoms with van der Waals surface area (Å²) in [7, 11) is 0. The quantitative estimate of drug-likeness (QED) is 0.648. The van der Waals surface area contributed by atoms with Crippen LogP contribution in [0.5, 0.6) is 0 Å². The highest BCUT2D eigenvalue weighted by molar-refractivity contribution is 5.76. The van der Waals surface area contributed by atoms with E-state index in [1.165, 1.54) is 10.4 Å². The number of carbonyl (C=O) groups is 1. The van der Waals surface area contributed by atoms with Crippen LogP contribution >= 0.6 is 0 Å². The summed E-state index contributed by atoms with van der Waals surface area (Å²) >= 11 is 0. The highest BCUT2D eigenvalue weighted by atomic mass is 16.2. The average molecular weight is 388 g/mol. The Kier molecular flexibility index (Phi) is 6.07. The van der Waals surface area contributed by atoms with Gasteiger partial charge in [0.25, 0.3) is 0 Å². The lowest BCUT2D eigenvalue weighted by atomic mass is 10.2. The van der Waals surface area contributed by atoms with Crippen LogP contribution < -0.4 is 0 Å². The molecule has 4 rings (SSSR count). The van der Waals surface area contributed by atoms with E-state index in [2.05, 4.69) is 44.6 Å². The van der Waals surface area contributed by atoms with E-state index < -0.39 is 0 Å². The second-order valence-electron chi connectivity index (χ2n) is 7.00. The van der Waals surface area contributed by atoms with Crippen LogP contribution in [0.2, 0.25) is 0 Å². The molecule has 7 nitrogen and oxygen atoms in total. The molecular formula is C22H24N6O. The third-order valence-corrected chi connectivity index (χ3v) is 4.96. The van der Waals surface area contributed by atoms with Crippen molar-refractivity contribution in [1.29, 1.82) is 0 Å². The average Bonchev–Trinajstić information content (AvgIpc) is 3.24. The second kappa shape index (κ2) is 9.25. The molecule has 3 aromatic rings. The van der Waals surface area contributed by atoms with Gasteiger partial charge in [0.2, 0.25) is 11.7 Å². The molecule has 29 heavy (non-hydrogen) atoms. The fourth-order valence-corrected chi connectivity index (χ4v) is 3.32. The van der Waals surface area contributed by atoms with Gasteiger partial charge in [0.15, 0.2) is 0 Å². The number of carbonyl (C=O) groups excluding carboxylic acids is 1. The van der Waals surface area contributed by atoms with Crippen LogP contribution in [0.4, 0.5) is 0 Å². The molecule has 1 aliphatic rings. The Morgan fingerprint density at radius 3 is 2.34 bits per heavy atom. The highest BCUT2D eigenvalue weighted by Crippen LogP contribution is 2.12. The standard InChI is InChI=1S/C22H24N6O/c29-21(18-28-24-22(23-25-28)20-11-5-2-6-12-20)27-16-14-26(15-17-27)13-7-10-19-8-3-1-4-9-19/h1-12H,13-18H2/b10-7+. The summed E-state index contributed by atoms with van der Waals surface area (Å²) in [4.78, 5) is 18.2. The molecule has 1 saturated heterocycles. The van der Waals surface area contributed by atoms with E-state index >= 15 is 0 Å². The molecule has 1 amide bonds. The zero-order chi connectivity index (χ0) is 19.9. The monoisotopic (exact) mass is 388 g/mol. The molecule has 1 aliphatic heterocycles. The van der Waals surface area contributed by atoms with Crippen LogP contribution in [0.3, 0.4) is 0 Å². The SMILES string of the molecule is O=C(Cn1nnc(-c2ccccc2)n1)N1CCN(C/C=C/c2ccccc2)CC1. The third-order valence-electron chi connectivity index (χ3n) is 4.96. The zero-order valence-corrected chi connectivity index (χ0v) is 16.3. The summed E-state index contributed by atoms with van der Waals surface area (Å²) in [6, 6.07) is 19.9. The Labute approximate surface area is 170 Å². The molecule has 0 spiro atoms. The summed E-state index contributed by atoms with van der Waals surface area (Å²) in [6.07, 6.45) is 4.31. The van der Waals surface area contributed by atoms with E-state index in [0.29, 0.717) is 5.82 Å². The van der Waals surface area contributed by atoms with Crippen molar-refractivity contribution in [1.82, 2.24) is 30.0 Å². The van der Waals surface area contributed by atoms with E-state index in [9.17, 15) is 4.79 Å². The van der Waals surface area contributed by atoms with Gasteiger partial charge in [-0.3, -0.25) is 9.69 Å². The number of benzene rings is 2. The molecule has 1 aromatic heterocycles. The van der Waals surface area contributed by atoms with Gasteiger partial charge in [-0.15, -0.1) is 10.2 Å². The first-order chi connectivity index (χ1) is 14.3. The number of tetrazole rings is 1. The molecule has 0 aliphatic carbocycles. The van der Waals surface area contributed by atoms with Gasteiger partial charge in [-0.1, -0.05) is 72.8 Å². The summed E-state index contributed by atoms with van der Waals surface area (Å²) in [5.74, 6) is 0.565. The fourth-order valence-electron chi connectivity index (χ4n) is 3.32. The first kappa shape index (κ1) is 19.0. The van der Waals surface area contributed by atoms with Gasteiger partial charge in [-0.2, -0.15) is 4.80 Å². The molecule has 0 atom stereocenters. The summed E-state index contributed by atoms with van der Waals surface area (Å²) in [5, 5.41) is 12.4. The predicted octanol–water partition coefficient (Wildman–Crippen LogP) is 2.20. The number of hydrogen-bond acceptors (Lipinski definition) is 5. The molecule has 0 saturated carbocycles. The van der Waals surface area contributed by atoms with Gasteiger partial charge < -0.3 is 4.90 Å². The fraction of sp³-hybridized carbons (Fsp3) is 0.273. The van der Waals surface area contributed by atoms with Crippen LogP contribution in [-0.4, -0.2) is 68.6 Å². The van der Waals surface area contributed by atoms with Crippen LogP contribution in [0.15, 0.2) is 66.7 Å². The molecule has 7 heteroatoms. The lowest BCUT2D eigenvalue weighted by molar-refractivity contribution is -0.134. The van der Waals surface area contributed by atoms with E-state index in [0.717, 1.165) is 38.3 Å². The van der Waals surface area contributed by atoms with Crippen molar-refractivity contribution in [3.8, 4) is 11.4 Å². The van der Waals surface area contributed by atoms with Gasteiger partial charge in [0.1, 0.15) is 6.54 Å². The van der Waals surface area contributed by atoms with Gasteiger partial charge in [0, 0.05) is 38.3 Å². The van der Waals surface area contributed by atoms with Crippen LogP contribution in [0.1, 0.15) is 5.56 Å². The van der Waals surface area contributed by atoms with Gasteiger partial charge >= 0.3 is 0 Å². The lowest BCUT2D eigenvalue weighted by Crippen LogP contribution is -2.49. The minimum atomic E-state index is 0.0292. The number of aromatic nitrogens is 4. The molecule has 0 radical (unpaired) electrons. The van der Waals surface area contributed by atoms with Crippen molar-refractivity contribution in [2.24, 2.45) is 0 Å². The Balaban J connectivity index is 1.24. The molecule has 0 bridgehead atoms. The number of piperazine rings is 1. The lowest BCUT2D eigenvalue weighted by Gasteiger charge is -2.34. The molecular weight excluding hydrogens is 364 g/mol. The molecule has 2 heterocycles. The Morgan fingerprint density at radius 1 is 0.931 bits per heavy atom. The van der Waals surface area contributed by atoms with E-state index in [-0.39, 0.29) is 12.5 Å². The first-order valence-corrected chi connectivity index (χ1v) is 9.83. The minimum Gasteiger partial charge on any atom is -0.338 e. The Morgan fingerprint density at radius 2 is 1.62 bits per heavy atom. The van der Waals surface area contributed by atoms with E-state index in [1.807, 2.05) is 53.4 Å². The normalized spacial score (nSPS) is 15.1. The van der Waals surface area contributed by atoms with Crippen molar-refractivity contribution in [2.45, 2.75) is 6.54 Å². The summed E-state index contributed by atoms with van der Waals surface area (Å²) in [6.45, 7) is 4.18. The second-order valence-corrected chi connectivity index (χ2v) is 7.00. The van der Waals surface area contributed by atoms with E-state index in [1.54, 1.807) is 0 Å². The Hall–Kier alpha value is -3.32. The number of hydrogen-bond donors (Lipinski definition) is 0. The first-order valence-electron chi connectivity index (χ1n) is 9.83. The largest absolute Gasteiger partial charge is 0.338 e. The molecule has 0 unspecified atom stereocenters. The third kappa shape index (κ3) is 5.14. The van der Waals surface area contributed by atoms with Gasteiger partial charge in [0.05, 0.1) is 0 Å². The van der Waals surface area contributed by atoms with Crippen molar-refractivity contribution in [2.75, 3.05) is 32.7 Å². The minimum absolute atomic E-state index is 0.0292. The smallest absolute Gasteiger partial charge is 0.246 e. The van der Waals surface area contributed by atoms with Crippen molar-refractivity contribution < 1.29 is 4.79 Å². The Bertz CT molecular complexity index is 946. The maximum absolute atomic E-state index is 12.6. The van der Waals surface area contributed by atoms with Crippen LogP contribution in [-0.2, 0) is 11.3 Å². The van der Waals surface area contributed by atoms with Gasteiger partial charge in [-0.25, -0.2) is 0 Å². The maximum Gasteiger partial charge on any atom is 0.246 e. The van der Waals surface area contributed by atoms with Crippen LogP contribution in [0.25, 0.3) is 17.5 Å². The van der Waals surface area contributed by atoms with Crippen LogP contribution in [0, 0.1) is 0 Å². The maximum atomic E-state index is 12.6.